The van der Waals surface area contributed by atoms with Crippen molar-refractivity contribution in [3.63, 3.8) is 0 Å². The molecule has 0 saturated carbocycles. The molecule has 78 valence electrons. The van der Waals surface area contributed by atoms with E-state index in [9.17, 15) is 10.1 Å². The van der Waals surface area contributed by atoms with E-state index in [-0.39, 0.29) is 11.1 Å². The highest BCUT2D eigenvalue weighted by molar-refractivity contribution is 5.69. The Hall–Kier alpha value is -3.42. The molecular formula is C10HN5O2. The zero-order valence-electron chi connectivity index (χ0n) is 8.13. The average Bonchev–Trinajstić information content (AvgIpc) is 2.35. The van der Waals surface area contributed by atoms with Crippen molar-refractivity contribution in [1.29, 1.82) is 21.0 Å². The quantitative estimate of drug-likeness (QED) is 0.515. The molecule has 7 heteroatoms. The van der Waals surface area contributed by atoms with Gasteiger partial charge in [0, 0.05) is 0 Å². The fraction of sp³-hybridized carbons (Fsp3) is 0. The minimum absolute atomic E-state index is 0.230. The predicted molar refractivity (Wildman–Crippen MR) is 52.0 cm³/mol. The van der Waals surface area contributed by atoms with Crippen molar-refractivity contribution in [3.8, 4) is 24.3 Å². The highest BCUT2D eigenvalue weighted by Crippen LogP contribution is 2.28. The lowest BCUT2D eigenvalue weighted by atomic mass is 9.97. The lowest BCUT2D eigenvalue weighted by molar-refractivity contribution is -0.385. The van der Waals surface area contributed by atoms with E-state index in [2.05, 4.69) is 0 Å². The van der Waals surface area contributed by atoms with E-state index in [1.165, 1.54) is 12.1 Å². The molecule has 0 aliphatic heterocycles. The van der Waals surface area contributed by atoms with E-state index in [0.717, 1.165) is 6.07 Å². The van der Waals surface area contributed by atoms with E-state index < -0.39 is 21.7 Å². The lowest BCUT2D eigenvalue weighted by Crippen LogP contribution is -2.01. The Balaban J connectivity index is 3.95. The number of nitro benzene ring substituents is 1. The SMILES string of the molecule is N#Cc1cc(C#N)c([N+](=O)[O-])c(C#N)c1C#N. The second kappa shape index (κ2) is 4.40. The summed E-state index contributed by atoms with van der Waals surface area (Å²) in [6, 6.07) is 7.10. The third-order valence-electron chi connectivity index (χ3n) is 1.95. The Labute approximate surface area is 95.1 Å². The molecule has 0 spiro atoms. The van der Waals surface area contributed by atoms with Crippen LogP contribution < -0.4 is 0 Å². The average molecular weight is 223 g/mol. The summed E-state index contributed by atoms with van der Waals surface area (Å²) in [6.07, 6.45) is 0. The summed E-state index contributed by atoms with van der Waals surface area (Å²) in [6.45, 7) is 0. The first kappa shape index (κ1) is 11.7. The molecular weight excluding hydrogens is 222 g/mol. The molecule has 0 unspecified atom stereocenters. The van der Waals surface area contributed by atoms with Crippen LogP contribution >= 0.6 is 0 Å². The van der Waals surface area contributed by atoms with Gasteiger partial charge in [-0.25, -0.2) is 0 Å². The Bertz CT molecular complexity index is 679. The number of nitro groups is 1. The first-order valence-electron chi connectivity index (χ1n) is 4.06. The van der Waals surface area contributed by atoms with Crippen molar-refractivity contribution in [2.75, 3.05) is 0 Å². The molecule has 1 aromatic rings. The van der Waals surface area contributed by atoms with Gasteiger partial charge < -0.3 is 0 Å². The molecule has 0 aliphatic rings. The van der Waals surface area contributed by atoms with Crippen LogP contribution in [-0.2, 0) is 0 Å². The van der Waals surface area contributed by atoms with Crippen LogP contribution in [0.15, 0.2) is 6.07 Å². The molecule has 1 rings (SSSR count). The first-order chi connectivity index (χ1) is 8.10. The van der Waals surface area contributed by atoms with Gasteiger partial charge in [0.15, 0.2) is 5.56 Å². The maximum atomic E-state index is 10.7. The molecule has 0 bridgehead atoms. The fourth-order valence-electron chi connectivity index (χ4n) is 1.26. The third kappa shape index (κ3) is 1.72. The van der Waals surface area contributed by atoms with Crippen LogP contribution in [-0.4, -0.2) is 4.92 Å². The zero-order chi connectivity index (χ0) is 13.0. The molecule has 0 radical (unpaired) electrons. The van der Waals surface area contributed by atoms with E-state index >= 15 is 0 Å². The van der Waals surface area contributed by atoms with Crippen molar-refractivity contribution in [1.82, 2.24) is 0 Å². The Morgan fingerprint density at radius 3 is 1.82 bits per heavy atom. The number of nitrogens with zero attached hydrogens (tertiary/aromatic N) is 5. The van der Waals surface area contributed by atoms with Crippen molar-refractivity contribution in [3.05, 3.63) is 38.4 Å². The van der Waals surface area contributed by atoms with Gasteiger partial charge in [0.05, 0.1) is 16.1 Å². The monoisotopic (exact) mass is 223 g/mol. The number of rotatable bonds is 1. The molecule has 0 aliphatic carbocycles. The minimum atomic E-state index is -0.918. The van der Waals surface area contributed by atoms with Crippen LogP contribution in [0.5, 0.6) is 0 Å². The summed E-state index contributed by atoms with van der Waals surface area (Å²) in [5.74, 6) is 0. The van der Waals surface area contributed by atoms with Crippen LogP contribution in [0.3, 0.4) is 0 Å². The Kier molecular flexibility index (Phi) is 3.02. The molecule has 0 saturated heterocycles. The van der Waals surface area contributed by atoms with E-state index in [1.807, 2.05) is 0 Å². The molecule has 0 amide bonds. The molecule has 7 nitrogen and oxygen atoms in total. The maximum absolute atomic E-state index is 10.7. The van der Waals surface area contributed by atoms with Crippen LogP contribution in [0.4, 0.5) is 5.69 Å². The van der Waals surface area contributed by atoms with E-state index in [4.69, 9.17) is 21.0 Å². The molecule has 0 aromatic heterocycles. The van der Waals surface area contributed by atoms with Crippen molar-refractivity contribution >= 4 is 5.69 Å². The Morgan fingerprint density at radius 1 is 0.941 bits per heavy atom. The summed E-state index contributed by atoms with van der Waals surface area (Å²) in [5.41, 5.74) is -2.34. The molecule has 17 heavy (non-hydrogen) atoms. The standard InChI is InChI=1S/C10HN5O2/c11-2-6-1-7(3-12)10(15(16)17)9(5-14)8(6)4-13/h1H. The summed E-state index contributed by atoms with van der Waals surface area (Å²) in [4.78, 5) is 9.82. The van der Waals surface area contributed by atoms with Crippen molar-refractivity contribution in [2.24, 2.45) is 0 Å². The van der Waals surface area contributed by atoms with Gasteiger partial charge in [-0.1, -0.05) is 0 Å². The van der Waals surface area contributed by atoms with Gasteiger partial charge in [0.2, 0.25) is 0 Å². The van der Waals surface area contributed by atoms with Crippen LogP contribution in [0.2, 0.25) is 0 Å². The van der Waals surface area contributed by atoms with Gasteiger partial charge in [-0.05, 0) is 6.07 Å². The molecule has 0 fully saturated rings. The van der Waals surface area contributed by atoms with Gasteiger partial charge in [0.1, 0.15) is 29.8 Å². The van der Waals surface area contributed by atoms with Gasteiger partial charge >= 0.3 is 5.69 Å². The number of hydrogen-bond donors (Lipinski definition) is 0. The van der Waals surface area contributed by atoms with Gasteiger partial charge in [-0.2, -0.15) is 21.0 Å². The molecule has 0 atom stereocenters. The van der Waals surface area contributed by atoms with Crippen molar-refractivity contribution in [2.45, 2.75) is 0 Å². The van der Waals surface area contributed by atoms with Gasteiger partial charge in [-0.15, -0.1) is 0 Å². The summed E-state index contributed by atoms with van der Waals surface area (Å²) in [7, 11) is 0. The van der Waals surface area contributed by atoms with E-state index in [0.29, 0.717) is 0 Å². The summed E-state index contributed by atoms with van der Waals surface area (Å²) >= 11 is 0. The second-order valence-electron chi connectivity index (χ2n) is 2.77. The third-order valence-corrected chi connectivity index (χ3v) is 1.95. The molecule has 0 heterocycles. The predicted octanol–water partition coefficient (Wildman–Crippen LogP) is 1.08. The summed E-state index contributed by atoms with van der Waals surface area (Å²) in [5, 5.41) is 45.8. The van der Waals surface area contributed by atoms with Crippen LogP contribution in [0.25, 0.3) is 0 Å². The molecule has 1 aromatic carbocycles. The highest BCUT2D eigenvalue weighted by Gasteiger charge is 2.26. The number of hydrogen-bond acceptors (Lipinski definition) is 6. The smallest absolute Gasteiger partial charge is 0.258 e. The number of benzene rings is 1. The lowest BCUT2D eigenvalue weighted by Gasteiger charge is -2.01. The molecule has 0 N–H and O–H groups in total. The number of nitriles is 4. The second-order valence-corrected chi connectivity index (χ2v) is 2.77. The normalized spacial score (nSPS) is 8.24. The van der Waals surface area contributed by atoms with Gasteiger partial charge in [0.25, 0.3) is 0 Å². The van der Waals surface area contributed by atoms with Crippen LogP contribution in [0.1, 0.15) is 22.3 Å². The maximum Gasteiger partial charge on any atom is 0.306 e. The zero-order valence-corrected chi connectivity index (χ0v) is 8.13. The highest BCUT2D eigenvalue weighted by atomic mass is 16.6. The first-order valence-corrected chi connectivity index (χ1v) is 4.06. The van der Waals surface area contributed by atoms with Gasteiger partial charge in [-0.3, -0.25) is 10.1 Å². The van der Waals surface area contributed by atoms with Crippen molar-refractivity contribution < 1.29 is 4.92 Å². The minimum Gasteiger partial charge on any atom is -0.258 e. The van der Waals surface area contributed by atoms with E-state index in [1.54, 1.807) is 12.1 Å². The largest absolute Gasteiger partial charge is 0.306 e. The summed E-state index contributed by atoms with van der Waals surface area (Å²) < 4.78 is 0. The topological polar surface area (TPSA) is 138 Å². The van der Waals surface area contributed by atoms with Crippen LogP contribution in [0, 0.1) is 55.4 Å². The fourth-order valence-corrected chi connectivity index (χ4v) is 1.26. The Morgan fingerprint density at radius 2 is 1.47 bits per heavy atom.